The molecule has 0 aliphatic carbocycles. The van der Waals surface area contributed by atoms with Crippen LogP contribution < -0.4 is 4.74 Å². The highest BCUT2D eigenvalue weighted by molar-refractivity contribution is 9.10. The predicted molar refractivity (Wildman–Crippen MR) is 147 cm³/mol. The topological polar surface area (TPSA) is 99.4 Å². The minimum absolute atomic E-state index is 0.0494. The molecule has 0 atom stereocenters. The number of ether oxygens (including phenoxy) is 2. The van der Waals surface area contributed by atoms with Crippen LogP contribution in [-0.4, -0.2) is 44.3 Å². The Morgan fingerprint density at radius 1 is 1.02 bits per heavy atom. The first-order valence-corrected chi connectivity index (χ1v) is 13.1. The number of methoxy groups -OCH3 is 1. The minimum Gasteiger partial charge on any atom is -0.478 e. The largest absolute Gasteiger partial charge is 0.478 e. The molecule has 0 saturated carbocycles. The second-order valence-electron chi connectivity index (χ2n) is 9.01. The number of imidazole rings is 1. The highest BCUT2D eigenvalue weighted by Crippen LogP contribution is 2.28. The number of nitrogens with zero attached hydrogens (tertiary/aromatic N) is 4. The van der Waals surface area contributed by atoms with Crippen LogP contribution in [0.4, 0.5) is 13.2 Å². The van der Waals surface area contributed by atoms with Crippen LogP contribution in [0.3, 0.4) is 0 Å². The normalized spacial score (nSPS) is 11.2. The fourth-order valence-corrected chi connectivity index (χ4v) is 4.60. The Morgan fingerprint density at radius 3 is 2.61 bits per heavy atom. The maximum atomic E-state index is 15.3. The Labute approximate surface area is 240 Å². The molecule has 41 heavy (non-hydrogen) atoms. The Balaban J connectivity index is 1.41. The lowest BCUT2D eigenvalue weighted by Gasteiger charge is -2.12. The number of carbonyl (C=O) groups is 1. The van der Waals surface area contributed by atoms with Crippen molar-refractivity contribution < 1.29 is 32.5 Å². The lowest BCUT2D eigenvalue weighted by atomic mass is 10.0. The summed E-state index contributed by atoms with van der Waals surface area (Å²) in [5.74, 6) is -2.52. The second kappa shape index (κ2) is 12.1. The summed E-state index contributed by atoms with van der Waals surface area (Å²) in [7, 11) is 1.53. The van der Waals surface area contributed by atoms with Gasteiger partial charge in [0.25, 0.3) is 0 Å². The lowest BCUT2D eigenvalue weighted by Crippen LogP contribution is -2.10. The number of hydrogen-bond acceptors (Lipinski definition) is 6. The van der Waals surface area contributed by atoms with Crippen molar-refractivity contribution in [3.63, 3.8) is 0 Å². The summed E-state index contributed by atoms with van der Waals surface area (Å²) < 4.78 is 57.7. The van der Waals surface area contributed by atoms with E-state index in [2.05, 4.69) is 30.9 Å². The van der Waals surface area contributed by atoms with Crippen LogP contribution in [0, 0.1) is 17.5 Å². The van der Waals surface area contributed by atoms with E-state index in [0.717, 1.165) is 12.1 Å². The number of pyridine rings is 2. The molecule has 0 aliphatic rings. The molecule has 12 heteroatoms. The number of rotatable bonds is 10. The van der Waals surface area contributed by atoms with E-state index in [1.807, 2.05) is 0 Å². The number of carboxylic acids is 1. The summed E-state index contributed by atoms with van der Waals surface area (Å²) in [5, 5.41) is 9.38. The lowest BCUT2D eigenvalue weighted by molar-refractivity contribution is 0.0697. The van der Waals surface area contributed by atoms with Crippen molar-refractivity contribution in [3.05, 3.63) is 105 Å². The van der Waals surface area contributed by atoms with Gasteiger partial charge in [0.2, 0.25) is 5.88 Å². The molecule has 0 aliphatic heterocycles. The Kier molecular flexibility index (Phi) is 8.31. The minimum atomic E-state index is -1.09. The van der Waals surface area contributed by atoms with Crippen molar-refractivity contribution in [1.82, 2.24) is 19.5 Å². The van der Waals surface area contributed by atoms with E-state index in [1.54, 1.807) is 16.7 Å². The van der Waals surface area contributed by atoms with E-state index in [-0.39, 0.29) is 47.0 Å². The molecule has 5 aromatic rings. The van der Waals surface area contributed by atoms with Gasteiger partial charge in [-0.1, -0.05) is 6.07 Å². The molecule has 0 saturated heterocycles. The van der Waals surface area contributed by atoms with Crippen LogP contribution in [0.2, 0.25) is 0 Å². The number of benzene rings is 2. The molecule has 2 aromatic carbocycles. The zero-order chi connectivity index (χ0) is 29.1. The van der Waals surface area contributed by atoms with Gasteiger partial charge in [-0.05, 0) is 64.0 Å². The van der Waals surface area contributed by atoms with Gasteiger partial charge in [-0.3, -0.25) is 4.98 Å². The van der Waals surface area contributed by atoms with Crippen molar-refractivity contribution >= 4 is 32.9 Å². The van der Waals surface area contributed by atoms with Gasteiger partial charge >= 0.3 is 5.97 Å². The van der Waals surface area contributed by atoms with Crippen LogP contribution in [0.25, 0.3) is 22.3 Å². The summed E-state index contributed by atoms with van der Waals surface area (Å²) in [4.78, 5) is 24.2. The van der Waals surface area contributed by atoms with Crippen LogP contribution in [-0.2, 0) is 24.3 Å². The van der Waals surface area contributed by atoms with Gasteiger partial charge < -0.3 is 19.1 Å². The smallest absolute Gasteiger partial charge is 0.335 e. The molecule has 8 nitrogen and oxygen atoms in total. The van der Waals surface area contributed by atoms with E-state index in [1.165, 1.54) is 43.6 Å². The number of hydrogen-bond donors (Lipinski definition) is 1. The van der Waals surface area contributed by atoms with Crippen LogP contribution in [0.1, 0.15) is 27.4 Å². The van der Waals surface area contributed by atoms with Crippen LogP contribution >= 0.6 is 15.9 Å². The zero-order valence-corrected chi connectivity index (χ0v) is 23.2. The molecule has 3 heterocycles. The first-order chi connectivity index (χ1) is 19.7. The van der Waals surface area contributed by atoms with E-state index in [4.69, 9.17) is 9.47 Å². The third-order valence-corrected chi connectivity index (χ3v) is 6.75. The van der Waals surface area contributed by atoms with Crippen molar-refractivity contribution in [1.29, 1.82) is 0 Å². The molecule has 210 valence electrons. The summed E-state index contributed by atoms with van der Waals surface area (Å²) in [6.45, 7) is 0.438. The average Bonchev–Trinajstić information content (AvgIpc) is 3.29. The molecular formula is C29H22BrF3N4O4. The number of aromatic nitrogens is 4. The van der Waals surface area contributed by atoms with Crippen LogP contribution in [0.5, 0.6) is 5.88 Å². The summed E-state index contributed by atoms with van der Waals surface area (Å²) in [6.07, 6.45) is 1.39. The van der Waals surface area contributed by atoms with E-state index >= 15 is 8.78 Å². The molecule has 0 bridgehead atoms. The Bertz CT molecular complexity index is 1760. The summed E-state index contributed by atoms with van der Waals surface area (Å²) >= 11 is 3.14. The average molecular weight is 627 g/mol. The molecule has 5 rings (SSSR count). The Morgan fingerprint density at radius 2 is 1.85 bits per heavy atom. The third kappa shape index (κ3) is 6.23. The van der Waals surface area contributed by atoms with Crippen molar-refractivity contribution in [2.75, 3.05) is 13.7 Å². The number of carboxylic acid groups (broad SMARTS) is 1. The molecule has 0 unspecified atom stereocenters. The van der Waals surface area contributed by atoms with Crippen molar-refractivity contribution in [3.8, 4) is 17.1 Å². The van der Waals surface area contributed by atoms with E-state index < -0.39 is 23.4 Å². The summed E-state index contributed by atoms with van der Waals surface area (Å²) in [5.41, 5.74) is 1.33. The van der Waals surface area contributed by atoms with Gasteiger partial charge in [-0.2, -0.15) is 0 Å². The number of halogens is 4. The van der Waals surface area contributed by atoms with Crippen molar-refractivity contribution in [2.24, 2.45) is 0 Å². The maximum absolute atomic E-state index is 15.3. The monoisotopic (exact) mass is 626 g/mol. The number of fused-ring (bicyclic) bond motifs is 1. The van der Waals surface area contributed by atoms with Gasteiger partial charge in [-0.15, -0.1) is 0 Å². The van der Waals surface area contributed by atoms with Gasteiger partial charge in [0, 0.05) is 42.4 Å². The fourth-order valence-electron chi connectivity index (χ4n) is 4.30. The molecule has 0 spiro atoms. The van der Waals surface area contributed by atoms with Gasteiger partial charge in [0.1, 0.15) is 35.6 Å². The third-order valence-electron chi connectivity index (χ3n) is 6.32. The first kappa shape index (κ1) is 28.2. The number of aromatic carboxylic acids is 1. The zero-order valence-electron chi connectivity index (χ0n) is 21.6. The molecule has 0 amide bonds. The molecule has 0 fully saturated rings. The van der Waals surface area contributed by atoms with Crippen molar-refractivity contribution in [2.45, 2.75) is 19.6 Å². The standard InChI is InChI=1S/C29H22BrF3N4O4/c1-40-8-7-37-26-10-16(29(38)39)5-6-24(26)35-27(37)11-17-9-21(32)19(13-20(17)31)23-3-2-4-28(36-23)41-15-25-22(33)12-18(30)14-34-25/h2-6,9-10,12-14H,7-8,11,15H2,1H3,(H,38,39). The Hall–Kier alpha value is -4.29. The fraction of sp³-hybridized carbons (Fsp3) is 0.172. The van der Waals surface area contributed by atoms with E-state index in [9.17, 15) is 14.3 Å². The molecular weight excluding hydrogens is 605 g/mol. The molecule has 3 aromatic heterocycles. The van der Waals surface area contributed by atoms with Crippen LogP contribution in [0.15, 0.2) is 65.3 Å². The molecule has 1 N–H and O–H groups in total. The first-order valence-electron chi connectivity index (χ1n) is 12.3. The highest BCUT2D eigenvalue weighted by atomic mass is 79.9. The van der Waals surface area contributed by atoms with Gasteiger partial charge in [0.05, 0.1) is 28.9 Å². The maximum Gasteiger partial charge on any atom is 0.335 e. The summed E-state index contributed by atoms with van der Waals surface area (Å²) in [6, 6.07) is 12.5. The predicted octanol–water partition coefficient (Wildman–Crippen LogP) is 6.19. The van der Waals surface area contributed by atoms with E-state index in [0.29, 0.717) is 34.5 Å². The second-order valence-corrected chi connectivity index (χ2v) is 9.93. The van der Waals surface area contributed by atoms with Gasteiger partial charge in [-0.25, -0.2) is 27.9 Å². The SMILES string of the molecule is COCCn1c(Cc2cc(F)c(-c3cccc(OCc4ncc(Br)cc4F)n3)cc2F)nc2ccc(C(=O)O)cc21. The molecule has 0 radical (unpaired) electrons. The highest BCUT2D eigenvalue weighted by Gasteiger charge is 2.18. The van der Waals surface area contributed by atoms with Gasteiger partial charge in [0.15, 0.2) is 0 Å². The quantitative estimate of drug-likeness (QED) is 0.197.